The molecule has 0 spiro atoms. The standard InChI is InChI=1S/C10H15N3O5S/c1-6(2)13-9(14)5-12-19(17,18)7-3-8(10(15)16)11-4-7/h3-4,6,11-12H,5H2,1-2H3,(H,13,14)(H,15,16). The van der Waals surface area contributed by atoms with E-state index in [0.717, 1.165) is 12.3 Å². The van der Waals surface area contributed by atoms with Crippen molar-refractivity contribution in [2.24, 2.45) is 0 Å². The van der Waals surface area contributed by atoms with Gasteiger partial charge in [0.2, 0.25) is 15.9 Å². The minimum atomic E-state index is -3.91. The first-order valence-corrected chi connectivity index (χ1v) is 6.91. The van der Waals surface area contributed by atoms with Crippen LogP contribution in [0.5, 0.6) is 0 Å². The molecule has 0 aliphatic heterocycles. The molecule has 0 aliphatic carbocycles. The fourth-order valence-electron chi connectivity index (χ4n) is 1.27. The molecule has 0 aromatic carbocycles. The van der Waals surface area contributed by atoms with E-state index in [1.165, 1.54) is 0 Å². The molecule has 0 atom stereocenters. The van der Waals surface area contributed by atoms with Crippen molar-refractivity contribution in [1.29, 1.82) is 0 Å². The number of amides is 1. The molecule has 0 saturated heterocycles. The second-order valence-corrected chi connectivity index (χ2v) is 5.87. The number of carbonyl (C=O) groups is 2. The molecule has 0 radical (unpaired) electrons. The molecule has 4 N–H and O–H groups in total. The summed E-state index contributed by atoms with van der Waals surface area (Å²) in [7, 11) is -3.91. The molecule has 1 rings (SSSR count). The van der Waals surface area contributed by atoms with E-state index in [9.17, 15) is 18.0 Å². The molecule has 106 valence electrons. The Balaban J connectivity index is 2.70. The van der Waals surface area contributed by atoms with Crippen molar-refractivity contribution < 1.29 is 23.1 Å². The third-order valence-electron chi connectivity index (χ3n) is 2.07. The topological polar surface area (TPSA) is 128 Å². The predicted octanol–water partition coefficient (Wildman–Crippen LogP) is -0.484. The smallest absolute Gasteiger partial charge is 0.352 e. The van der Waals surface area contributed by atoms with Gasteiger partial charge < -0.3 is 15.4 Å². The maximum Gasteiger partial charge on any atom is 0.352 e. The van der Waals surface area contributed by atoms with Crippen molar-refractivity contribution in [1.82, 2.24) is 15.0 Å². The minimum Gasteiger partial charge on any atom is -0.477 e. The SMILES string of the molecule is CC(C)NC(=O)CNS(=O)(=O)c1c[nH]c(C(=O)O)c1. The predicted molar refractivity (Wildman–Crippen MR) is 66.2 cm³/mol. The summed E-state index contributed by atoms with van der Waals surface area (Å²) in [5, 5.41) is 11.2. The minimum absolute atomic E-state index is 0.0946. The number of rotatable bonds is 6. The highest BCUT2D eigenvalue weighted by molar-refractivity contribution is 7.89. The lowest BCUT2D eigenvalue weighted by Gasteiger charge is -2.08. The Morgan fingerprint density at radius 2 is 2.05 bits per heavy atom. The molecule has 0 unspecified atom stereocenters. The van der Waals surface area contributed by atoms with Gasteiger partial charge in [-0.25, -0.2) is 17.9 Å². The quantitative estimate of drug-likeness (QED) is 0.562. The second-order valence-electron chi connectivity index (χ2n) is 4.10. The second kappa shape index (κ2) is 5.85. The molecule has 0 saturated carbocycles. The van der Waals surface area contributed by atoms with Gasteiger partial charge in [-0.05, 0) is 19.9 Å². The van der Waals surface area contributed by atoms with Gasteiger partial charge in [0.15, 0.2) is 0 Å². The average Bonchev–Trinajstić information content (AvgIpc) is 2.75. The van der Waals surface area contributed by atoms with Crippen LogP contribution in [0.3, 0.4) is 0 Å². The first-order chi connectivity index (χ1) is 8.72. The first kappa shape index (κ1) is 15.2. The lowest BCUT2D eigenvalue weighted by Crippen LogP contribution is -2.39. The number of aromatic nitrogens is 1. The van der Waals surface area contributed by atoms with E-state index in [1.54, 1.807) is 13.8 Å². The number of hydrogen-bond donors (Lipinski definition) is 4. The molecule has 0 fully saturated rings. The van der Waals surface area contributed by atoms with E-state index in [4.69, 9.17) is 5.11 Å². The van der Waals surface area contributed by atoms with E-state index in [2.05, 4.69) is 15.0 Å². The Labute approximate surface area is 110 Å². The van der Waals surface area contributed by atoms with Crippen molar-refractivity contribution in [3.63, 3.8) is 0 Å². The fourth-order valence-corrected chi connectivity index (χ4v) is 2.24. The molecule has 8 nitrogen and oxygen atoms in total. The summed E-state index contributed by atoms with van der Waals surface area (Å²) in [6.07, 6.45) is 1.05. The van der Waals surface area contributed by atoms with Crippen LogP contribution < -0.4 is 10.0 Å². The Morgan fingerprint density at radius 3 is 2.53 bits per heavy atom. The number of carboxylic acid groups (broad SMARTS) is 1. The van der Waals surface area contributed by atoms with Crippen LogP contribution in [0.15, 0.2) is 17.2 Å². The van der Waals surface area contributed by atoms with E-state index in [-0.39, 0.29) is 16.6 Å². The van der Waals surface area contributed by atoms with Crippen molar-refractivity contribution in [3.8, 4) is 0 Å². The van der Waals surface area contributed by atoms with E-state index in [0.29, 0.717) is 0 Å². The zero-order valence-electron chi connectivity index (χ0n) is 10.4. The van der Waals surface area contributed by atoms with Gasteiger partial charge in [0, 0.05) is 12.2 Å². The van der Waals surface area contributed by atoms with Crippen molar-refractivity contribution in [2.45, 2.75) is 24.8 Å². The monoisotopic (exact) mass is 289 g/mol. The number of hydrogen-bond acceptors (Lipinski definition) is 4. The highest BCUT2D eigenvalue weighted by atomic mass is 32.2. The average molecular weight is 289 g/mol. The summed E-state index contributed by atoms with van der Waals surface area (Å²) < 4.78 is 25.6. The van der Waals surface area contributed by atoms with Gasteiger partial charge >= 0.3 is 5.97 Å². The lowest BCUT2D eigenvalue weighted by molar-refractivity contribution is -0.120. The normalized spacial score (nSPS) is 11.5. The fraction of sp³-hybridized carbons (Fsp3) is 0.400. The number of carboxylic acids is 1. The lowest BCUT2D eigenvalue weighted by atomic mass is 10.4. The zero-order valence-corrected chi connectivity index (χ0v) is 11.2. The summed E-state index contributed by atoms with van der Waals surface area (Å²) in [4.78, 5) is 24.0. The molecule has 0 bridgehead atoms. The van der Waals surface area contributed by atoms with Gasteiger partial charge in [0.1, 0.15) is 10.6 Å². The number of carbonyl (C=O) groups excluding carboxylic acids is 1. The summed E-state index contributed by atoms with van der Waals surface area (Å²) in [6.45, 7) is 3.09. The van der Waals surface area contributed by atoms with E-state index >= 15 is 0 Å². The van der Waals surface area contributed by atoms with Crippen LogP contribution in [0.4, 0.5) is 0 Å². The summed E-state index contributed by atoms with van der Waals surface area (Å²) >= 11 is 0. The van der Waals surface area contributed by atoms with Gasteiger partial charge in [-0.15, -0.1) is 0 Å². The largest absolute Gasteiger partial charge is 0.477 e. The van der Waals surface area contributed by atoms with Crippen LogP contribution in [0.1, 0.15) is 24.3 Å². The highest BCUT2D eigenvalue weighted by Crippen LogP contribution is 2.10. The number of H-pyrrole nitrogens is 1. The third-order valence-corrected chi connectivity index (χ3v) is 3.45. The number of sulfonamides is 1. The molecule has 19 heavy (non-hydrogen) atoms. The number of aromatic amines is 1. The molecular weight excluding hydrogens is 274 g/mol. The van der Waals surface area contributed by atoms with Crippen LogP contribution in [0, 0.1) is 0 Å². The molecule has 0 aliphatic rings. The van der Waals surface area contributed by atoms with Crippen LogP contribution in [-0.4, -0.2) is 43.0 Å². The Bertz CT molecular complexity index is 576. The van der Waals surface area contributed by atoms with Crippen LogP contribution in [0.25, 0.3) is 0 Å². The van der Waals surface area contributed by atoms with Gasteiger partial charge in [-0.1, -0.05) is 0 Å². The van der Waals surface area contributed by atoms with E-state index in [1.807, 2.05) is 0 Å². The van der Waals surface area contributed by atoms with Crippen molar-refractivity contribution >= 4 is 21.9 Å². The molecule has 9 heteroatoms. The van der Waals surface area contributed by atoms with Gasteiger partial charge in [0.05, 0.1) is 6.54 Å². The van der Waals surface area contributed by atoms with E-state index < -0.39 is 28.4 Å². The maximum absolute atomic E-state index is 11.8. The summed E-state index contributed by atoms with van der Waals surface area (Å²) in [5.74, 6) is -1.73. The highest BCUT2D eigenvalue weighted by Gasteiger charge is 2.19. The van der Waals surface area contributed by atoms with Crippen LogP contribution in [0.2, 0.25) is 0 Å². The van der Waals surface area contributed by atoms with Crippen LogP contribution >= 0.6 is 0 Å². The summed E-state index contributed by atoms with van der Waals surface area (Å²) in [6, 6.07) is 0.883. The van der Waals surface area contributed by atoms with Crippen LogP contribution in [-0.2, 0) is 14.8 Å². The first-order valence-electron chi connectivity index (χ1n) is 5.43. The molecule has 1 amide bonds. The van der Waals surface area contributed by atoms with Gasteiger partial charge in [-0.2, -0.15) is 0 Å². The Kier molecular flexibility index (Phi) is 4.67. The van der Waals surface area contributed by atoms with Crippen molar-refractivity contribution in [2.75, 3.05) is 6.54 Å². The molecule has 1 aromatic heterocycles. The maximum atomic E-state index is 11.8. The summed E-state index contributed by atoms with van der Waals surface area (Å²) in [5.41, 5.74) is -0.244. The third kappa shape index (κ3) is 4.38. The molecule has 1 aromatic rings. The molecular formula is C10H15N3O5S. The number of aromatic carboxylic acids is 1. The zero-order chi connectivity index (χ0) is 14.6. The Morgan fingerprint density at radius 1 is 1.42 bits per heavy atom. The van der Waals surface area contributed by atoms with Gasteiger partial charge in [0.25, 0.3) is 0 Å². The van der Waals surface area contributed by atoms with Gasteiger partial charge in [-0.3, -0.25) is 4.79 Å². The molecule has 1 heterocycles. The van der Waals surface area contributed by atoms with Crippen molar-refractivity contribution in [3.05, 3.63) is 18.0 Å². The number of nitrogens with one attached hydrogen (secondary N) is 3. The Hall–Kier alpha value is -1.87.